The number of nitrogens with zero attached hydrogens (tertiary/aromatic N) is 1. The molecule has 1 N–H and O–H groups in total. The highest BCUT2D eigenvalue weighted by Gasteiger charge is 2.17. The fourth-order valence-corrected chi connectivity index (χ4v) is 1.86. The molecule has 1 amide bonds. The molecule has 0 aliphatic rings. The van der Waals surface area contributed by atoms with E-state index in [-0.39, 0.29) is 12.5 Å². The second-order valence-electron chi connectivity index (χ2n) is 4.32. The van der Waals surface area contributed by atoms with Gasteiger partial charge in [0, 0.05) is 17.2 Å². The minimum Gasteiger partial charge on any atom is -0.481 e. The zero-order chi connectivity index (χ0) is 13.7. The maximum atomic E-state index is 11.9. The number of aliphatic carboxylic acids is 1. The monoisotopic (exact) mass is 361 g/mol. The van der Waals surface area contributed by atoms with E-state index in [1.807, 2.05) is 24.3 Å². The van der Waals surface area contributed by atoms with Crippen LogP contribution in [0.15, 0.2) is 24.3 Å². The molecule has 0 radical (unpaired) electrons. The molecule has 1 aromatic carbocycles. The Morgan fingerprint density at radius 1 is 1.33 bits per heavy atom. The normalized spacial score (nSPS) is 11.9. The first-order chi connectivity index (χ1) is 8.40. The topological polar surface area (TPSA) is 57.6 Å². The van der Waals surface area contributed by atoms with Gasteiger partial charge in [0.05, 0.1) is 12.3 Å². The maximum absolute atomic E-state index is 11.9. The van der Waals surface area contributed by atoms with Gasteiger partial charge in [-0.05, 0) is 40.3 Å². The van der Waals surface area contributed by atoms with E-state index in [1.165, 1.54) is 4.90 Å². The SMILES string of the molecule is CC(CN(C)C(=O)Cc1ccc(I)cc1)C(=O)O. The van der Waals surface area contributed by atoms with E-state index in [0.717, 1.165) is 9.13 Å². The van der Waals surface area contributed by atoms with Gasteiger partial charge in [-0.15, -0.1) is 0 Å². The largest absolute Gasteiger partial charge is 0.481 e. The van der Waals surface area contributed by atoms with E-state index in [0.29, 0.717) is 6.42 Å². The molecule has 1 rings (SSSR count). The minimum atomic E-state index is -0.885. The maximum Gasteiger partial charge on any atom is 0.308 e. The third-order valence-corrected chi connectivity index (χ3v) is 3.38. The number of hydrogen-bond donors (Lipinski definition) is 1. The van der Waals surface area contributed by atoms with Crippen LogP contribution in [0.25, 0.3) is 0 Å². The number of hydrogen-bond acceptors (Lipinski definition) is 2. The number of likely N-dealkylation sites (N-methyl/N-ethyl adjacent to an activating group) is 1. The van der Waals surface area contributed by atoms with Crippen LogP contribution in [-0.4, -0.2) is 35.5 Å². The Morgan fingerprint density at radius 3 is 2.39 bits per heavy atom. The summed E-state index contributed by atoms with van der Waals surface area (Å²) < 4.78 is 1.12. The van der Waals surface area contributed by atoms with Crippen LogP contribution in [0.4, 0.5) is 0 Å². The summed E-state index contributed by atoms with van der Waals surface area (Å²) in [7, 11) is 1.63. The smallest absolute Gasteiger partial charge is 0.308 e. The van der Waals surface area contributed by atoms with Crippen molar-refractivity contribution in [1.29, 1.82) is 0 Å². The summed E-state index contributed by atoms with van der Waals surface area (Å²) in [6.07, 6.45) is 0.305. The lowest BCUT2D eigenvalue weighted by molar-refractivity contribution is -0.142. The van der Waals surface area contributed by atoms with Gasteiger partial charge in [0.15, 0.2) is 0 Å². The Morgan fingerprint density at radius 2 is 1.89 bits per heavy atom. The lowest BCUT2D eigenvalue weighted by Gasteiger charge is -2.19. The highest BCUT2D eigenvalue weighted by atomic mass is 127. The Bertz CT molecular complexity index is 430. The summed E-state index contributed by atoms with van der Waals surface area (Å²) in [4.78, 5) is 24.1. The van der Waals surface area contributed by atoms with Crippen molar-refractivity contribution in [2.24, 2.45) is 5.92 Å². The molecule has 0 heterocycles. The number of carboxylic acid groups (broad SMARTS) is 1. The van der Waals surface area contributed by atoms with Crippen molar-refractivity contribution in [1.82, 2.24) is 4.90 Å². The molecule has 1 unspecified atom stereocenters. The molecule has 1 atom stereocenters. The molecule has 0 saturated carbocycles. The van der Waals surface area contributed by atoms with Crippen LogP contribution in [0.5, 0.6) is 0 Å². The predicted octanol–water partition coefficient (Wildman–Crippen LogP) is 2.01. The van der Waals surface area contributed by atoms with Crippen LogP contribution in [0.3, 0.4) is 0 Å². The van der Waals surface area contributed by atoms with Gasteiger partial charge < -0.3 is 10.0 Å². The molecule has 0 fully saturated rings. The number of amides is 1. The van der Waals surface area contributed by atoms with Crippen LogP contribution in [-0.2, 0) is 16.0 Å². The average Bonchev–Trinajstić information content (AvgIpc) is 2.31. The fraction of sp³-hybridized carbons (Fsp3) is 0.385. The van der Waals surface area contributed by atoms with Crippen LogP contribution in [0.2, 0.25) is 0 Å². The summed E-state index contributed by atoms with van der Waals surface area (Å²) in [6.45, 7) is 1.83. The van der Waals surface area contributed by atoms with Crippen LogP contribution >= 0.6 is 22.6 Å². The molecule has 98 valence electrons. The molecule has 1 aromatic rings. The first-order valence-electron chi connectivity index (χ1n) is 5.61. The molecular formula is C13H16INO3. The molecule has 4 nitrogen and oxygen atoms in total. The summed E-state index contributed by atoms with van der Waals surface area (Å²) in [5, 5.41) is 8.79. The summed E-state index contributed by atoms with van der Waals surface area (Å²) in [5.41, 5.74) is 0.940. The van der Waals surface area contributed by atoms with Crippen molar-refractivity contribution in [3.8, 4) is 0 Å². The van der Waals surface area contributed by atoms with Gasteiger partial charge in [0.2, 0.25) is 5.91 Å². The van der Waals surface area contributed by atoms with Gasteiger partial charge in [0.25, 0.3) is 0 Å². The number of rotatable bonds is 5. The predicted molar refractivity (Wildman–Crippen MR) is 77.3 cm³/mol. The van der Waals surface area contributed by atoms with Gasteiger partial charge in [-0.2, -0.15) is 0 Å². The molecule has 0 saturated heterocycles. The highest BCUT2D eigenvalue weighted by molar-refractivity contribution is 14.1. The average molecular weight is 361 g/mol. The first-order valence-corrected chi connectivity index (χ1v) is 6.69. The molecule has 0 aliphatic heterocycles. The number of carboxylic acids is 1. The molecular weight excluding hydrogens is 345 g/mol. The second-order valence-corrected chi connectivity index (χ2v) is 5.56. The van der Waals surface area contributed by atoms with E-state index in [4.69, 9.17) is 5.11 Å². The van der Waals surface area contributed by atoms with Crippen LogP contribution in [0, 0.1) is 9.49 Å². The van der Waals surface area contributed by atoms with Crippen molar-refractivity contribution >= 4 is 34.5 Å². The zero-order valence-corrected chi connectivity index (χ0v) is 12.5. The van der Waals surface area contributed by atoms with Crippen molar-refractivity contribution in [2.45, 2.75) is 13.3 Å². The number of carbonyl (C=O) groups excluding carboxylic acids is 1. The van der Waals surface area contributed by atoms with E-state index in [1.54, 1.807) is 14.0 Å². The van der Waals surface area contributed by atoms with Crippen molar-refractivity contribution < 1.29 is 14.7 Å². The summed E-state index contributed by atoms with van der Waals surface area (Å²) >= 11 is 2.21. The van der Waals surface area contributed by atoms with Crippen molar-refractivity contribution in [3.05, 3.63) is 33.4 Å². The Labute approximate surface area is 120 Å². The Hall–Kier alpha value is -1.11. The summed E-state index contributed by atoms with van der Waals surface area (Å²) in [5.74, 6) is -1.50. The molecule has 0 aromatic heterocycles. The number of carbonyl (C=O) groups is 2. The van der Waals surface area contributed by atoms with Crippen LogP contribution < -0.4 is 0 Å². The zero-order valence-electron chi connectivity index (χ0n) is 10.4. The van der Waals surface area contributed by atoms with Crippen LogP contribution in [0.1, 0.15) is 12.5 Å². The van der Waals surface area contributed by atoms with E-state index in [2.05, 4.69) is 22.6 Å². The first kappa shape index (κ1) is 14.9. The third kappa shape index (κ3) is 4.64. The van der Waals surface area contributed by atoms with Crippen molar-refractivity contribution in [2.75, 3.05) is 13.6 Å². The Kier molecular flexibility index (Phi) is 5.58. The highest BCUT2D eigenvalue weighted by Crippen LogP contribution is 2.09. The Balaban J connectivity index is 2.54. The van der Waals surface area contributed by atoms with E-state index in [9.17, 15) is 9.59 Å². The quantitative estimate of drug-likeness (QED) is 0.817. The van der Waals surface area contributed by atoms with E-state index < -0.39 is 11.9 Å². The summed E-state index contributed by atoms with van der Waals surface area (Å²) in [6, 6.07) is 7.72. The molecule has 0 aliphatic carbocycles. The second kappa shape index (κ2) is 6.72. The standard InChI is InChI=1S/C13H16INO3/c1-9(13(17)18)8-15(2)12(16)7-10-3-5-11(14)6-4-10/h3-6,9H,7-8H2,1-2H3,(H,17,18). The number of halogens is 1. The third-order valence-electron chi connectivity index (χ3n) is 2.66. The van der Waals surface area contributed by atoms with Gasteiger partial charge in [-0.25, -0.2) is 0 Å². The molecule has 18 heavy (non-hydrogen) atoms. The van der Waals surface area contributed by atoms with Gasteiger partial charge in [-0.3, -0.25) is 9.59 Å². The minimum absolute atomic E-state index is 0.0655. The molecule has 5 heteroatoms. The van der Waals surface area contributed by atoms with Gasteiger partial charge in [0.1, 0.15) is 0 Å². The molecule has 0 bridgehead atoms. The van der Waals surface area contributed by atoms with Gasteiger partial charge >= 0.3 is 5.97 Å². The van der Waals surface area contributed by atoms with Crippen molar-refractivity contribution in [3.63, 3.8) is 0 Å². The van der Waals surface area contributed by atoms with E-state index >= 15 is 0 Å². The fourth-order valence-electron chi connectivity index (χ4n) is 1.50. The lowest BCUT2D eigenvalue weighted by Crippen LogP contribution is -2.34. The van der Waals surface area contributed by atoms with Gasteiger partial charge in [-0.1, -0.05) is 19.1 Å². The molecule has 0 spiro atoms. The number of benzene rings is 1. The lowest BCUT2D eigenvalue weighted by atomic mass is 10.1.